The van der Waals surface area contributed by atoms with Gasteiger partial charge in [-0.15, -0.1) is 0 Å². The van der Waals surface area contributed by atoms with E-state index in [1.54, 1.807) is 0 Å². The van der Waals surface area contributed by atoms with Crippen LogP contribution in [0.15, 0.2) is 0 Å². The Kier molecular flexibility index (Phi) is 3.13. The van der Waals surface area contributed by atoms with Crippen LogP contribution in [0.5, 0.6) is 0 Å². The predicted molar refractivity (Wildman–Crippen MR) is 40.5 cm³/mol. The molecule has 60 valence electrons. The summed E-state index contributed by atoms with van der Waals surface area (Å²) < 4.78 is 12.1. The SMILES string of the molecule is NCC1CCC(CF)CC1. The molecule has 10 heavy (non-hydrogen) atoms. The average Bonchev–Trinajstić information content (AvgIpc) is 2.05. The Morgan fingerprint density at radius 2 is 1.60 bits per heavy atom. The fourth-order valence-corrected chi connectivity index (χ4v) is 1.62. The molecule has 0 spiro atoms. The van der Waals surface area contributed by atoms with Gasteiger partial charge >= 0.3 is 0 Å². The summed E-state index contributed by atoms with van der Waals surface area (Å²) in [4.78, 5) is 0. The molecule has 1 rings (SSSR count). The summed E-state index contributed by atoms with van der Waals surface area (Å²) in [7, 11) is 0. The molecular weight excluding hydrogens is 129 g/mol. The van der Waals surface area contributed by atoms with E-state index in [0.29, 0.717) is 11.8 Å². The highest BCUT2D eigenvalue weighted by molar-refractivity contribution is 4.72. The van der Waals surface area contributed by atoms with Crippen LogP contribution in [0.1, 0.15) is 25.7 Å². The summed E-state index contributed by atoms with van der Waals surface area (Å²) in [6, 6.07) is 0. The number of nitrogens with two attached hydrogens (primary N) is 1. The Morgan fingerprint density at radius 3 is 2.00 bits per heavy atom. The molecule has 0 aromatic rings. The monoisotopic (exact) mass is 145 g/mol. The largest absolute Gasteiger partial charge is 0.330 e. The topological polar surface area (TPSA) is 26.0 Å². The summed E-state index contributed by atoms with van der Waals surface area (Å²) in [5, 5.41) is 0. The van der Waals surface area contributed by atoms with Gasteiger partial charge in [-0.2, -0.15) is 0 Å². The van der Waals surface area contributed by atoms with Gasteiger partial charge in [0.05, 0.1) is 6.67 Å². The van der Waals surface area contributed by atoms with Gasteiger partial charge in [-0.1, -0.05) is 0 Å². The second-order valence-electron chi connectivity index (χ2n) is 3.28. The minimum atomic E-state index is -0.128. The molecule has 1 aliphatic carbocycles. The van der Waals surface area contributed by atoms with Crippen LogP contribution in [0.2, 0.25) is 0 Å². The number of hydrogen-bond acceptors (Lipinski definition) is 1. The van der Waals surface area contributed by atoms with E-state index in [9.17, 15) is 4.39 Å². The fraction of sp³-hybridized carbons (Fsp3) is 1.00. The lowest BCUT2D eigenvalue weighted by molar-refractivity contribution is 0.235. The molecule has 0 radical (unpaired) electrons. The molecule has 0 aromatic carbocycles. The van der Waals surface area contributed by atoms with Crippen molar-refractivity contribution in [3.05, 3.63) is 0 Å². The van der Waals surface area contributed by atoms with Crippen molar-refractivity contribution in [1.82, 2.24) is 0 Å². The number of alkyl halides is 1. The molecule has 0 atom stereocenters. The first-order valence-corrected chi connectivity index (χ1v) is 4.12. The molecule has 1 aliphatic rings. The van der Waals surface area contributed by atoms with E-state index in [2.05, 4.69) is 0 Å². The molecule has 2 heteroatoms. The molecule has 0 bridgehead atoms. The fourth-order valence-electron chi connectivity index (χ4n) is 1.62. The highest BCUT2D eigenvalue weighted by atomic mass is 19.1. The van der Waals surface area contributed by atoms with Crippen LogP contribution in [0, 0.1) is 11.8 Å². The van der Waals surface area contributed by atoms with E-state index in [1.165, 1.54) is 0 Å². The molecular formula is C8H16FN. The maximum Gasteiger partial charge on any atom is 0.0922 e. The predicted octanol–water partition coefficient (Wildman–Crippen LogP) is 1.72. The van der Waals surface area contributed by atoms with Gasteiger partial charge in [-0.05, 0) is 44.1 Å². The lowest BCUT2D eigenvalue weighted by Crippen LogP contribution is -2.22. The molecule has 0 aliphatic heterocycles. The second kappa shape index (κ2) is 3.91. The third kappa shape index (κ3) is 1.94. The molecule has 1 saturated carbocycles. The molecule has 0 aromatic heterocycles. The maximum absolute atomic E-state index is 12.1. The number of hydrogen-bond donors (Lipinski definition) is 1. The van der Waals surface area contributed by atoms with Gasteiger partial charge in [0.1, 0.15) is 0 Å². The van der Waals surface area contributed by atoms with E-state index in [1.807, 2.05) is 0 Å². The Balaban J connectivity index is 2.17. The van der Waals surface area contributed by atoms with Crippen LogP contribution in [0.4, 0.5) is 4.39 Å². The van der Waals surface area contributed by atoms with Gasteiger partial charge < -0.3 is 5.73 Å². The summed E-state index contributed by atoms with van der Waals surface area (Å²) in [5.41, 5.74) is 5.50. The Labute approximate surface area is 61.8 Å². The standard InChI is InChI=1S/C8H16FN/c9-5-7-1-3-8(6-10)4-2-7/h7-8H,1-6,10H2. The normalized spacial score (nSPS) is 34.2. The smallest absolute Gasteiger partial charge is 0.0922 e. The van der Waals surface area contributed by atoms with E-state index < -0.39 is 0 Å². The zero-order valence-corrected chi connectivity index (χ0v) is 6.35. The van der Waals surface area contributed by atoms with Gasteiger partial charge in [-0.25, -0.2) is 0 Å². The Hall–Kier alpha value is -0.110. The maximum atomic E-state index is 12.1. The summed E-state index contributed by atoms with van der Waals surface area (Å²) in [5.74, 6) is 1.03. The minimum Gasteiger partial charge on any atom is -0.330 e. The highest BCUT2D eigenvalue weighted by Crippen LogP contribution is 2.27. The molecule has 0 heterocycles. The first-order chi connectivity index (χ1) is 4.86. The van der Waals surface area contributed by atoms with Gasteiger partial charge in [0.2, 0.25) is 0 Å². The van der Waals surface area contributed by atoms with E-state index in [4.69, 9.17) is 5.73 Å². The van der Waals surface area contributed by atoms with Crippen molar-refractivity contribution in [3.63, 3.8) is 0 Å². The van der Waals surface area contributed by atoms with Gasteiger partial charge in [0.15, 0.2) is 0 Å². The van der Waals surface area contributed by atoms with Crippen molar-refractivity contribution in [2.24, 2.45) is 17.6 Å². The van der Waals surface area contributed by atoms with Crippen molar-refractivity contribution in [1.29, 1.82) is 0 Å². The molecule has 1 nitrogen and oxygen atoms in total. The third-order valence-corrected chi connectivity index (χ3v) is 2.52. The van der Waals surface area contributed by atoms with Crippen LogP contribution >= 0.6 is 0 Å². The quantitative estimate of drug-likeness (QED) is 0.629. The number of halogens is 1. The van der Waals surface area contributed by atoms with Crippen LogP contribution in [-0.2, 0) is 0 Å². The van der Waals surface area contributed by atoms with Crippen molar-refractivity contribution in [2.45, 2.75) is 25.7 Å². The zero-order chi connectivity index (χ0) is 7.40. The van der Waals surface area contributed by atoms with E-state index >= 15 is 0 Å². The van der Waals surface area contributed by atoms with E-state index in [0.717, 1.165) is 32.2 Å². The lowest BCUT2D eigenvalue weighted by Gasteiger charge is -2.25. The molecule has 1 fully saturated rings. The molecule has 0 amide bonds. The number of rotatable bonds is 2. The first kappa shape index (κ1) is 7.99. The summed E-state index contributed by atoms with van der Waals surface area (Å²) in [6.07, 6.45) is 4.40. The lowest BCUT2D eigenvalue weighted by atomic mass is 9.83. The molecule has 0 saturated heterocycles. The average molecular weight is 145 g/mol. The van der Waals surface area contributed by atoms with Crippen LogP contribution in [0.25, 0.3) is 0 Å². The zero-order valence-electron chi connectivity index (χ0n) is 6.35. The highest BCUT2D eigenvalue weighted by Gasteiger charge is 2.19. The third-order valence-electron chi connectivity index (χ3n) is 2.52. The van der Waals surface area contributed by atoms with Crippen LogP contribution in [-0.4, -0.2) is 13.2 Å². The van der Waals surface area contributed by atoms with Crippen molar-refractivity contribution in [2.75, 3.05) is 13.2 Å². The second-order valence-corrected chi connectivity index (χ2v) is 3.28. The Bertz CT molecular complexity index is 75.3. The minimum absolute atomic E-state index is 0.128. The van der Waals surface area contributed by atoms with Crippen molar-refractivity contribution >= 4 is 0 Å². The van der Waals surface area contributed by atoms with Gasteiger partial charge in [0, 0.05) is 0 Å². The van der Waals surface area contributed by atoms with Crippen LogP contribution in [0.3, 0.4) is 0 Å². The van der Waals surface area contributed by atoms with Crippen LogP contribution < -0.4 is 5.73 Å². The van der Waals surface area contributed by atoms with Crippen molar-refractivity contribution < 1.29 is 4.39 Å². The van der Waals surface area contributed by atoms with Gasteiger partial charge in [-0.3, -0.25) is 4.39 Å². The first-order valence-electron chi connectivity index (χ1n) is 4.12. The summed E-state index contributed by atoms with van der Waals surface area (Å²) >= 11 is 0. The summed E-state index contributed by atoms with van der Waals surface area (Å²) in [6.45, 7) is 0.663. The van der Waals surface area contributed by atoms with Gasteiger partial charge in [0.25, 0.3) is 0 Å². The van der Waals surface area contributed by atoms with Crippen molar-refractivity contribution in [3.8, 4) is 0 Å². The molecule has 0 unspecified atom stereocenters. The Morgan fingerprint density at radius 1 is 1.10 bits per heavy atom. The van der Waals surface area contributed by atoms with E-state index in [-0.39, 0.29) is 6.67 Å². The molecule has 2 N–H and O–H groups in total.